The first-order chi connectivity index (χ1) is 5.45. The van der Waals surface area contributed by atoms with Crippen molar-refractivity contribution in [2.45, 2.75) is 18.9 Å². The van der Waals surface area contributed by atoms with Crippen molar-refractivity contribution < 1.29 is 19.8 Å². The monoisotopic (exact) mass is 177 g/mol. The largest absolute Gasteiger partial charge is 0.481 e. The van der Waals surface area contributed by atoms with Crippen LogP contribution in [-0.2, 0) is 9.59 Å². The van der Waals surface area contributed by atoms with Crippen LogP contribution in [0.1, 0.15) is 12.8 Å². The predicted molar refractivity (Wildman–Crippen MR) is 38.5 cm³/mol. The zero-order valence-electron chi connectivity index (χ0n) is 6.30. The Balaban J connectivity index is 3.97. The Morgan fingerprint density at radius 1 is 1.33 bits per heavy atom. The van der Waals surface area contributed by atoms with E-state index in [0.29, 0.717) is 5.12 Å². The van der Waals surface area contributed by atoms with Crippen LogP contribution >= 0.6 is 0 Å². The molecule has 0 spiro atoms. The SMILES string of the molecule is NN(N)C(CCC(=O)O)C(=O)O. The van der Waals surface area contributed by atoms with Gasteiger partial charge in [-0.2, -0.15) is 5.12 Å². The van der Waals surface area contributed by atoms with Crippen molar-refractivity contribution in [2.24, 2.45) is 11.7 Å². The van der Waals surface area contributed by atoms with Crippen LogP contribution in [0.3, 0.4) is 0 Å². The van der Waals surface area contributed by atoms with Crippen molar-refractivity contribution in [3.05, 3.63) is 0 Å². The van der Waals surface area contributed by atoms with Crippen molar-refractivity contribution >= 4 is 11.9 Å². The van der Waals surface area contributed by atoms with Crippen LogP contribution in [0.5, 0.6) is 0 Å². The minimum Gasteiger partial charge on any atom is -0.481 e. The summed E-state index contributed by atoms with van der Waals surface area (Å²) < 4.78 is 0. The molecule has 0 fully saturated rings. The summed E-state index contributed by atoms with van der Waals surface area (Å²) in [4.78, 5) is 20.4. The molecule has 0 aliphatic carbocycles. The van der Waals surface area contributed by atoms with Crippen LogP contribution in [0.2, 0.25) is 0 Å². The zero-order chi connectivity index (χ0) is 9.72. The third-order valence-corrected chi connectivity index (χ3v) is 1.28. The Bertz CT molecular complexity index is 182. The van der Waals surface area contributed by atoms with Gasteiger partial charge in [0.15, 0.2) is 0 Å². The van der Waals surface area contributed by atoms with E-state index < -0.39 is 18.0 Å². The molecule has 0 saturated heterocycles. The zero-order valence-corrected chi connectivity index (χ0v) is 6.30. The predicted octanol–water partition coefficient (Wildman–Crippen LogP) is -1.65. The molecule has 0 bridgehead atoms. The molecule has 0 amide bonds. The molecule has 0 aromatic carbocycles. The smallest absolute Gasteiger partial charge is 0.323 e. The summed E-state index contributed by atoms with van der Waals surface area (Å²) in [6.07, 6.45) is -0.389. The number of aliphatic carboxylic acids is 2. The lowest BCUT2D eigenvalue weighted by Crippen LogP contribution is -2.50. The summed E-state index contributed by atoms with van der Waals surface area (Å²) in [7, 11) is 0. The molecule has 0 aromatic rings. The van der Waals surface area contributed by atoms with Gasteiger partial charge in [0.2, 0.25) is 0 Å². The molecule has 1 atom stereocenters. The summed E-state index contributed by atoms with van der Waals surface area (Å²) in [6.45, 7) is 0. The maximum Gasteiger partial charge on any atom is 0.323 e. The van der Waals surface area contributed by atoms with Crippen LogP contribution in [-0.4, -0.2) is 33.3 Å². The molecule has 0 aromatic heterocycles. The van der Waals surface area contributed by atoms with Gasteiger partial charge in [-0.25, -0.2) is 0 Å². The highest BCUT2D eigenvalue weighted by molar-refractivity contribution is 5.74. The number of hydrogen-bond acceptors (Lipinski definition) is 5. The normalized spacial score (nSPS) is 12.9. The topological polar surface area (TPSA) is 130 Å². The first-order valence-electron chi connectivity index (χ1n) is 3.18. The molecule has 7 heteroatoms. The number of carboxylic acid groups (broad SMARTS) is 2. The quantitative estimate of drug-likeness (QED) is 0.292. The summed E-state index contributed by atoms with van der Waals surface area (Å²) in [5.74, 6) is 7.61. The molecular formula is C5H11N3O4. The lowest BCUT2D eigenvalue weighted by molar-refractivity contribution is -0.144. The first-order valence-corrected chi connectivity index (χ1v) is 3.18. The number of hydrogen-bond donors (Lipinski definition) is 4. The van der Waals surface area contributed by atoms with E-state index in [-0.39, 0.29) is 12.8 Å². The molecular weight excluding hydrogens is 166 g/mol. The Labute approximate surface area is 68.5 Å². The molecule has 12 heavy (non-hydrogen) atoms. The van der Waals surface area contributed by atoms with E-state index >= 15 is 0 Å². The molecule has 0 aliphatic rings. The highest BCUT2D eigenvalue weighted by Gasteiger charge is 2.21. The summed E-state index contributed by atoms with van der Waals surface area (Å²) in [5.41, 5.74) is 0. The molecule has 7 nitrogen and oxygen atoms in total. The highest BCUT2D eigenvalue weighted by atomic mass is 16.4. The third kappa shape index (κ3) is 3.86. The maximum atomic E-state index is 10.4. The number of nitrogens with two attached hydrogens (primary N) is 2. The third-order valence-electron chi connectivity index (χ3n) is 1.28. The van der Waals surface area contributed by atoms with Crippen LogP contribution in [0.4, 0.5) is 0 Å². The van der Waals surface area contributed by atoms with Crippen molar-refractivity contribution in [2.75, 3.05) is 0 Å². The van der Waals surface area contributed by atoms with Crippen LogP contribution in [0, 0.1) is 0 Å². The average molecular weight is 177 g/mol. The van der Waals surface area contributed by atoms with E-state index in [9.17, 15) is 9.59 Å². The number of rotatable bonds is 5. The minimum atomic E-state index is -1.23. The van der Waals surface area contributed by atoms with Gasteiger partial charge in [0.05, 0.1) is 0 Å². The summed E-state index contributed by atoms with van der Waals surface area (Å²) >= 11 is 0. The van der Waals surface area contributed by atoms with Crippen molar-refractivity contribution in [1.82, 2.24) is 5.12 Å². The molecule has 0 rings (SSSR count). The Morgan fingerprint density at radius 3 is 2.08 bits per heavy atom. The van der Waals surface area contributed by atoms with Crippen LogP contribution < -0.4 is 11.7 Å². The van der Waals surface area contributed by atoms with Crippen LogP contribution in [0.15, 0.2) is 0 Å². The second-order valence-corrected chi connectivity index (χ2v) is 2.23. The summed E-state index contributed by atoms with van der Waals surface area (Å²) in [5, 5.41) is 17.2. The average Bonchev–Trinajstić information content (AvgIpc) is 1.84. The standard InChI is InChI=1S/C5H11N3O4/c6-8(7)3(5(11)12)1-2-4(9)10/h3H,1-2,6-7H2,(H,9,10)(H,11,12). The van der Waals surface area contributed by atoms with Gasteiger partial charge in [0, 0.05) is 6.42 Å². The fourth-order valence-corrected chi connectivity index (χ4v) is 0.660. The maximum absolute atomic E-state index is 10.4. The molecule has 0 heterocycles. The number of hydrazine groups is 2. The second-order valence-electron chi connectivity index (χ2n) is 2.23. The fourth-order valence-electron chi connectivity index (χ4n) is 0.660. The Morgan fingerprint density at radius 2 is 1.83 bits per heavy atom. The number of nitrogens with zero attached hydrogens (tertiary/aromatic N) is 1. The van der Waals surface area contributed by atoms with Gasteiger partial charge in [-0.3, -0.25) is 21.3 Å². The number of carboxylic acids is 2. The van der Waals surface area contributed by atoms with E-state index in [1.165, 1.54) is 0 Å². The molecule has 0 aliphatic heterocycles. The van der Waals surface area contributed by atoms with Gasteiger partial charge >= 0.3 is 11.9 Å². The summed E-state index contributed by atoms with van der Waals surface area (Å²) in [6, 6.07) is -1.15. The molecule has 0 saturated carbocycles. The fraction of sp³-hybridized carbons (Fsp3) is 0.600. The lowest BCUT2D eigenvalue weighted by atomic mass is 10.1. The van der Waals surface area contributed by atoms with Gasteiger partial charge in [-0.05, 0) is 6.42 Å². The van der Waals surface area contributed by atoms with E-state index in [0.717, 1.165) is 0 Å². The highest BCUT2D eigenvalue weighted by Crippen LogP contribution is 2.00. The molecule has 70 valence electrons. The lowest BCUT2D eigenvalue weighted by Gasteiger charge is -2.17. The van der Waals surface area contributed by atoms with Gasteiger partial charge in [-0.15, -0.1) is 0 Å². The molecule has 6 N–H and O–H groups in total. The van der Waals surface area contributed by atoms with Crippen molar-refractivity contribution in [1.29, 1.82) is 0 Å². The van der Waals surface area contributed by atoms with E-state index in [1.54, 1.807) is 0 Å². The van der Waals surface area contributed by atoms with Gasteiger partial charge in [0.25, 0.3) is 0 Å². The van der Waals surface area contributed by atoms with Crippen molar-refractivity contribution in [3.63, 3.8) is 0 Å². The first kappa shape index (κ1) is 10.8. The van der Waals surface area contributed by atoms with Gasteiger partial charge in [0.1, 0.15) is 6.04 Å². The minimum absolute atomic E-state index is 0.113. The number of carbonyl (C=O) groups is 2. The van der Waals surface area contributed by atoms with Gasteiger partial charge < -0.3 is 10.2 Å². The van der Waals surface area contributed by atoms with E-state index in [2.05, 4.69) is 0 Å². The Kier molecular flexibility index (Phi) is 4.19. The van der Waals surface area contributed by atoms with E-state index in [4.69, 9.17) is 21.9 Å². The van der Waals surface area contributed by atoms with Gasteiger partial charge in [-0.1, -0.05) is 0 Å². The Hall–Kier alpha value is -1.18. The molecule has 1 unspecified atom stereocenters. The van der Waals surface area contributed by atoms with E-state index in [1.807, 2.05) is 0 Å². The van der Waals surface area contributed by atoms with Crippen LogP contribution in [0.25, 0.3) is 0 Å². The van der Waals surface area contributed by atoms with Crippen molar-refractivity contribution in [3.8, 4) is 0 Å². The molecule has 0 radical (unpaired) electrons. The second kappa shape index (κ2) is 4.65.